The number of ketones is 1. The molecule has 2 aromatic carbocycles. The molecule has 1 atom stereocenters. The number of benzene rings is 2. The summed E-state index contributed by atoms with van der Waals surface area (Å²) in [5, 5.41) is 9.55. The number of hydrogen-bond acceptors (Lipinski definition) is 3. The smallest absolute Gasteiger partial charge is 0.167 e. The third-order valence-corrected chi connectivity index (χ3v) is 3.41. The summed E-state index contributed by atoms with van der Waals surface area (Å²) < 4.78 is 0. The molecule has 2 rings (SSSR count). The molecule has 1 N–H and O–H groups in total. The lowest BCUT2D eigenvalue weighted by molar-refractivity contribution is 0.0896. The van der Waals surface area contributed by atoms with Gasteiger partial charge in [-0.25, -0.2) is 0 Å². The maximum Gasteiger partial charge on any atom is 0.167 e. The summed E-state index contributed by atoms with van der Waals surface area (Å²) in [7, 11) is 3.93. The van der Waals surface area contributed by atoms with E-state index in [1.807, 2.05) is 49.3 Å². The second-order valence-corrected chi connectivity index (χ2v) is 5.56. The van der Waals surface area contributed by atoms with Crippen LogP contribution in [0.4, 0.5) is 0 Å². The monoisotopic (exact) mass is 319 g/mol. The van der Waals surface area contributed by atoms with Crippen molar-refractivity contribution in [2.45, 2.75) is 6.42 Å². The van der Waals surface area contributed by atoms with Crippen LogP contribution in [0.1, 0.15) is 15.9 Å². The van der Waals surface area contributed by atoms with Crippen LogP contribution in [0.5, 0.6) is 5.75 Å². The first-order chi connectivity index (χ1) is 10.1. The second-order valence-electron chi connectivity index (χ2n) is 5.56. The SMILES string of the molecule is CN(C)C[C@H](Cc1ccccc1)C(=O)c1cccc(O)c1.Cl. The van der Waals surface area contributed by atoms with Crippen LogP contribution in [0, 0.1) is 5.92 Å². The lowest BCUT2D eigenvalue weighted by Gasteiger charge is -2.20. The van der Waals surface area contributed by atoms with Crippen LogP contribution in [0.2, 0.25) is 0 Å². The van der Waals surface area contributed by atoms with Crippen LogP contribution >= 0.6 is 12.4 Å². The summed E-state index contributed by atoms with van der Waals surface area (Å²) in [6.07, 6.45) is 0.702. The number of phenols is 1. The highest BCUT2D eigenvalue weighted by molar-refractivity contribution is 5.98. The zero-order chi connectivity index (χ0) is 15.2. The molecule has 4 heteroatoms. The fraction of sp³-hybridized carbons (Fsp3) is 0.278. The second kappa shape index (κ2) is 8.57. The van der Waals surface area contributed by atoms with Crippen LogP contribution < -0.4 is 0 Å². The first-order valence-electron chi connectivity index (χ1n) is 7.08. The Morgan fingerprint density at radius 2 is 1.77 bits per heavy atom. The zero-order valence-corrected chi connectivity index (χ0v) is 13.7. The molecule has 0 aromatic heterocycles. The van der Waals surface area contributed by atoms with Gasteiger partial charge in [0.2, 0.25) is 0 Å². The van der Waals surface area contributed by atoms with Crippen LogP contribution in [0.15, 0.2) is 54.6 Å². The van der Waals surface area contributed by atoms with Gasteiger partial charge in [0, 0.05) is 18.0 Å². The summed E-state index contributed by atoms with van der Waals surface area (Å²) in [6.45, 7) is 0.684. The number of nitrogens with zero attached hydrogens (tertiary/aromatic N) is 1. The highest BCUT2D eigenvalue weighted by Gasteiger charge is 2.21. The Kier molecular flexibility index (Phi) is 7.09. The highest BCUT2D eigenvalue weighted by atomic mass is 35.5. The summed E-state index contributed by atoms with van der Waals surface area (Å²) >= 11 is 0. The number of carbonyl (C=O) groups is 1. The topological polar surface area (TPSA) is 40.5 Å². The molecule has 0 unspecified atom stereocenters. The average molecular weight is 320 g/mol. The van der Waals surface area contributed by atoms with E-state index in [1.54, 1.807) is 18.2 Å². The lowest BCUT2D eigenvalue weighted by atomic mass is 9.91. The molecule has 0 fully saturated rings. The van der Waals surface area contributed by atoms with Crippen molar-refractivity contribution >= 4 is 18.2 Å². The molecule has 2 aromatic rings. The molecule has 0 saturated carbocycles. The van der Waals surface area contributed by atoms with Crippen LogP contribution in [0.3, 0.4) is 0 Å². The fourth-order valence-corrected chi connectivity index (χ4v) is 2.47. The molecule has 22 heavy (non-hydrogen) atoms. The number of hydrogen-bond donors (Lipinski definition) is 1. The minimum absolute atomic E-state index is 0. The average Bonchev–Trinajstić information content (AvgIpc) is 2.46. The fourth-order valence-electron chi connectivity index (χ4n) is 2.47. The van der Waals surface area contributed by atoms with Crippen molar-refractivity contribution in [3.05, 3.63) is 65.7 Å². The maximum absolute atomic E-state index is 12.7. The third kappa shape index (κ3) is 5.17. The quantitative estimate of drug-likeness (QED) is 0.829. The van der Waals surface area contributed by atoms with E-state index in [1.165, 1.54) is 6.07 Å². The summed E-state index contributed by atoms with van der Waals surface area (Å²) in [5.74, 6) is 0.0804. The normalized spacial score (nSPS) is 11.8. The van der Waals surface area contributed by atoms with Crippen molar-refractivity contribution < 1.29 is 9.90 Å². The van der Waals surface area contributed by atoms with Crippen LogP contribution in [-0.4, -0.2) is 36.4 Å². The molecule has 0 aliphatic carbocycles. The van der Waals surface area contributed by atoms with Gasteiger partial charge < -0.3 is 10.0 Å². The summed E-state index contributed by atoms with van der Waals surface area (Å²) in [4.78, 5) is 14.7. The van der Waals surface area contributed by atoms with Gasteiger partial charge in [-0.05, 0) is 38.2 Å². The number of phenolic OH excluding ortho intramolecular Hbond substituents is 1. The number of carbonyl (C=O) groups excluding carboxylic acids is 1. The van der Waals surface area contributed by atoms with Crippen molar-refractivity contribution in [2.75, 3.05) is 20.6 Å². The van der Waals surface area contributed by atoms with Gasteiger partial charge in [-0.2, -0.15) is 0 Å². The lowest BCUT2D eigenvalue weighted by Crippen LogP contribution is -2.29. The van der Waals surface area contributed by atoms with Gasteiger partial charge in [0.25, 0.3) is 0 Å². The van der Waals surface area contributed by atoms with Gasteiger partial charge in [0.05, 0.1) is 0 Å². The van der Waals surface area contributed by atoms with Gasteiger partial charge >= 0.3 is 0 Å². The minimum atomic E-state index is -0.121. The Balaban J connectivity index is 0.00000242. The Morgan fingerprint density at radius 3 is 2.36 bits per heavy atom. The molecule has 0 bridgehead atoms. The van der Waals surface area contributed by atoms with Crippen LogP contribution in [-0.2, 0) is 6.42 Å². The van der Waals surface area contributed by atoms with E-state index >= 15 is 0 Å². The highest BCUT2D eigenvalue weighted by Crippen LogP contribution is 2.19. The number of aromatic hydroxyl groups is 1. The van der Waals surface area contributed by atoms with E-state index in [2.05, 4.69) is 0 Å². The molecule has 0 saturated heterocycles. The Hall–Kier alpha value is -1.84. The van der Waals surface area contributed by atoms with Gasteiger partial charge in [0.15, 0.2) is 5.78 Å². The van der Waals surface area contributed by atoms with Gasteiger partial charge in [0.1, 0.15) is 5.75 Å². The first-order valence-corrected chi connectivity index (χ1v) is 7.08. The van der Waals surface area contributed by atoms with Gasteiger partial charge in [-0.1, -0.05) is 42.5 Å². The van der Waals surface area contributed by atoms with Crippen molar-refractivity contribution in [3.63, 3.8) is 0 Å². The Morgan fingerprint density at radius 1 is 1.09 bits per heavy atom. The van der Waals surface area contributed by atoms with E-state index in [9.17, 15) is 9.90 Å². The molecule has 0 spiro atoms. The van der Waals surface area contributed by atoms with Crippen molar-refractivity contribution in [1.29, 1.82) is 0 Å². The summed E-state index contributed by atoms with van der Waals surface area (Å²) in [5.41, 5.74) is 1.72. The zero-order valence-electron chi connectivity index (χ0n) is 12.9. The molecule has 0 radical (unpaired) electrons. The molecule has 118 valence electrons. The van der Waals surface area contributed by atoms with E-state index in [4.69, 9.17) is 0 Å². The summed E-state index contributed by atoms with van der Waals surface area (Å²) in [6, 6.07) is 16.6. The maximum atomic E-state index is 12.7. The largest absolute Gasteiger partial charge is 0.508 e. The molecule has 0 amide bonds. The van der Waals surface area contributed by atoms with E-state index in [0.717, 1.165) is 5.56 Å². The van der Waals surface area contributed by atoms with E-state index in [-0.39, 0.29) is 29.9 Å². The molecular weight excluding hydrogens is 298 g/mol. The molecule has 3 nitrogen and oxygen atoms in total. The standard InChI is InChI=1S/C18H21NO2.ClH/c1-19(2)13-16(11-14-7-4-3-5-8-14)18(21)15-9-6-10-17(20)12-15;/h3-10,12,16,20H,11,13H2,1-2H3;1H/t16-;/m0./s1. The van der Waals surface area contributed by atoms with E-state index in [0.29, 0.717) is 18.5 Å². The Labute approximate surface area is 138 Å². The van der Waals surface area contributed by atoms with Crippen molar-refractivity contribution in [1.82, 2.24) is 4.90 Å². The molecule has 0 aliphatic heterocycles. The van der Waals surface area contributed by atoms with Crippen LogP contribution in [0.25, 0.3) is 0 Å². The third-order valence-electron chi connectivity index (χ3n) is 3.41. The molecule has 0 heterocycles. The predicted octanol–water partition coefficient (Wildman–Crippen LogP) is 3.42. The van der Waals surface area contributed by atoms with Gasteiger partial charge in [-0.3, -0.25) is 4.79 Å². The minimum Gasteiger partial charge on any atom is -0.508 e. The number of Topliss-reactive ketones (excluding diaryl/α,β-unsaturated/α-hetero) is 1. The Bertz CT molecular complexity index is 599. The number of rotatable bonds is 6. The first kappa shape index (κ1) is 18.2. The van der Waals surface area contributed by atoms with Crippen molar-refractivity contribution in [2.24, 2.45) is 5.92 Å². The van der Waals surface area contributed by atoms with Crippen molar-refractivity contribution in [3.8, 4) is 5.75 Å². The molecule has 0 aliphatic rings. The predicted molar refractivity (Wildman–Crippen MR) is 91.9 cm³/mol. The molecular formula is C18H22ClNO2. The van der Waals surface area contributed by atoms with E-state index < -0.39 is 0 Å². The van der Waals surface area contributed by atoms with Gasteiger partial charge in [-0.15, -0.1) is 12.4 Å². The number of halogens is 1.